The topological polar surface area (TPSA) is 152 Å². The van der Waals surface area contributed by atoms with Crippen LogP contribution in [0.5, 0.6) is 0 Å². The monoisotopic (exact) mass is 366 g/mol. The molecule has 0 spiro atoms. The van der Waals surface area contributed by atoms with E-state index >= 15 is 0 Å². The second-order valence-electron chi connectivity index (χ2n) is 0.961. The van der Waals surface area contributed by atoms with E-state index in [-0.39, 0.29) is 69.1 Å². The predicted molar refractivity (Wildman–Crippen MR) is 46.4 cm³/mol. The van der Waals surface area contributed by atoms with Crippen molar-refractivity contribution in [1.29, 1.82) is 0 Å². The molecule has 0 radical (unpaired) electrons. The van der Waals surface area contributed by atoms with E-state index in [4.69, 9.17) is 36.8 Å². The summed E-state index contributed by atoms with van der Waals surface area (Å²) in [6, 6.07) is 0. The average Bonchev–Trinajstić information content (AvgIpc) is 1.12. The van der Waals surface area contributed by atoms with E-state index in [0.717, 1.165) is 0 Å². The molecule has 5 N–H and O–H groups in total. The summed E-state index contributed by atoms with van der Waals surface area (Å²) in [7, 11) is -9.31. The Bertz CT molecular complexity index is 205. The van der Waals surface area contributed by atoms with Gasteiger partial charge in [0.25, 0.3) is 0 Å². The van der Waals surface area contributed by atoms with Crippen molar-refractivity contribution in [3.63, 3.8) is 0 Å². The van der Waals surface area contributed by atoms with Crippen molar-refractivity contribution in [1.82, 2.24) is 0 Å². The first-order chi connectivity index (χ1) is 4.00. The van der Waals surface area contributed by atoms with Crippen LogP contribution in [0.15, 0.2) is 0 Å². The van der Waals surface area contributed by atoms with Crippen molar-refractivity contribution in [3.8, 4) is 0 Å². The smallest absolute Gasteiger partial charge is 1.00 e. The minimum absolute atomic E-state index is 0. The van der Waals surface area contributed by atoms with E-state index in [1.807, 2.05) is 0 Å². The zero-order valence-electron chi connectivity index (χ0n) is 7.02. The Labute approximate surface area is 122 Å². The molecule has 0 aliphatic carbocycles. The molecule has 0 aromatic heterocycles. The van der Waals surface area contributed by atoms with Gasteiger partial charge in [0.1, 0.15) is 0 Å². The SMILES string of the molecule is O=P(O)(O)O.O=S(=O)(O)O.[AlH3].[Ba+2].[H-].[H-]. The van der Waals surface area contributed by atoms with Crippen LogP contribution in [-0.2, 0) is 15.0 Å². The van der Waals surface area contributed by atoms with Crippen molar-refractivity contribution >= 4 is 84.5 Å². The molecule has 0 bridgehead atoms. The largest absolute Gasteiger partial charge is 2.00 e. The fraction of sp³-hybridized carbons (Fsp3) is 0. The van der Waals surface area contributed by atoms with Gasteiger partial charge in [-0.05, 0) is 0 Å². The van der Waals surface area contributed by atoms with Gasteiger partial charge >= 0.3 is 67.1 Å². The quantitative estimate of drug-likeness (QED) is 0.174. The third-order valence-electron chi connectivity index (χ3n) is 0. The summed E-state index contributed by atoms with van der Waals surface area (Å²) in [6.45, 7) is 0. The van der Waals surface area contributed by atoms with Crippen LogP contribution in [0.4, 0.5) is 0 Å². The molecule has 0 fully saturated rings. The van der Waals surface area contributed by atoms with E-state index in [9.17, 15) is 0 Å². The third-order valence-corrected chi connectivity index (χ3v) is 0. The van der Waals surface area contributed by atoms with Crippen LogP contribution in [0.2, 0.25) is 0 Å². The van der Waals surface area contributed by atoms with Gasteiger partial charge in [-0.25, -0.2) is 4.57 Å². The standard InChI is InChI=1S/Al.Ba.H3O4P.H2O4S.5H/c;;2*1-5(2,3)4;;;;;/h;;(H3,1,2,3,4);(H2,1,2,3,4);;;;;/q;+2;;;;;;2*-1. The van der Waals surface area contributed by atoms with Gasteiger partial charge in [0.15, 0.2) is 17.4 Å². The molecule has 0 aliphatic rings. The van der Waals surface area contributed by atoms with E-state index in [1.54, 1.807) is 0 Å². The normalized spacial score (nSPS) is 9.75. The van der Waals surface area contributed by atoms with Crippen molar-refractivity contribution in [2.45, 2.75) is 0 Å². The van der Waals surface area contributed by atoms with Crippen LogP contribution in [0.3, 0.4) is 0 Å². The van der Waals surface area contributed by atoms with E-state index < -0.39 is 18.2 Å². The first kappa shape index (κ1) is 23.7. The Kier molecular flexibility index (Phi) is 19.0. The summed E-state index contributed by atoms with van der Waals surface area (Å²) in [4.78, 5) is 21.6. The van der Waals surface area contributed by atoms with E-state index in [0.29, 0.717) is 0 Å². The summed E-state index contributed by atoms with van der Waals surface area (Å²) in [6.07, 6.45) is 0. The zero-order valence-corrected chi connectivity index (χ0v) is 11.2. The van der Waals surface area contributed by atoms with Crippen LogP contribution in [-0.4, -0.2) is 98.4 Å². The molecule has 0 unspecified atom stereocenters. The fourth-order valence-electron chi connectivity index (χ4n) is 0. The van der Waals surface area contributed by atoms with Gasteiger partial charge in [0.2, 0.25) is 0 Å². The number of hydrogen-bond acceptors (Lipinski definition) is 3. The number of hydrogen-bond donors (Lipinski definition) is 5. The van der Waals surface area contributed by atoms with Crippen molar-refractivity contribution in [2.24, 2.45) is 0 Å². The van der Waals surface area contributed by atoms with Crippen LogP contribution in [0, 0.1) is 0 Å². The van der Waals surface area contributed by atoms with Crippen LogP contribution in [0.1, 0.15) is 2.85 Å². The van der Waals surface area contributed by atoms with Gasteiger partial charge in [-0.2, -0.15) is 8.42 Å². The maximum atomic E-state index is 8.88. The molecule has 0 saturated heterocycles. The van der Waals surface area contributed by atoms with Crippen LogP contribution in [0.25, 0.3) is 0 Å². The average molecular weight is 365 g/mol. The predicted octanol–water partition coefficient (Wildman–Crippen LogP) is -2.92. The Morgan fingerprint density at radius 2 is 1.08 bits per heavy atom. The Morgan fingerprint density at radius 1 is 1.08 bits per heavy atom. The molecular weight excluding hydrogens is 355 g/mol. The Morgan fingerprint density at radius 3 is 1.08 bits per heavy atom. The maximum Gasteiger partial charge on any atom is 2.00 e. The molecule has 0 atom stereocenters. The van der Waals surface area contributed by atoms with Crippen LogP contribution < -0.4 is 0 Å². The molecule has 0 saturated carbocycles. The van der Waals surface area contributed by atoms with Gasteiger partial charge in [-0.1, -0.05) is 0 Å². The minimum Gasteiger partial charge on any atom is -1.00 e. The van der Waals surface area contributed by atoms with E-state index in [1.165, 1.54) is 0 Å². The summed E-state index contributed by atoms with van der Waals surface area (Å²) in [5.74, 6) is 0. The molecule has 0 rings (SSSR count). The first-order valence-corrected chi connectivity index (χ1v) is 4.44. The van der Waals surface area contributed by atoms with E-state index in [2.05, 4.69) is 0 Å². The van der Waals surface area contributed by atoms with Crippen molar-refractivity contribution < 1.29 is 39.6 Å². The molecule has 0 amide bonds. The maximum absolute atomic E-state index is 8.88. The Hall–Kier alpha value is 2.08. The second kappa shape index (κ2) is 9.63. The first-order valence-electron chi connectivity index (χ1n) is 1.48. The Balaban J connectivity index is -0.0000000178. The fourth-order valence-corrected chi connectivity index (χ4v) is 0. The summed E-state index contributed by atoms with van der Waals surface area (Å²) in [5, 5.41) is 0. The molecule has 0 aromatic rings. The molecule has 0 aliphatic heterocycles. The summed E-state index contributed by atoms with van der Waals surface area (Å²) >= 11 is 0. The molecule has 0 aromatic carbocycles. The molecular formula is H10AlBaO8PS. The van der Waals surface area contributed by atoms with Crippen molar-refractivity contribution in [3.05, 3.63) is 0 Å². The van der Waals surface area contributed by atoms with Gasteiger partial charge in [-0.3, -0.25) is 9.11 Å². The second-order valence-corrected chi connectivity index (χ2v) is 2.88. The third kappa shape index (κ3) is 342. The molecule has 12 heteroatoms. The molecule has 0 heterocycles. The zero-order chi connectivity index (χ0) is 9.00. The minimum atomic E-state index is -4.67. The van der Waals surface area contributed by atoms with Crippen molar-refractivity contribution in [2.75, 3.05) is 0 Å². The number of phosphoric acid groups is 1. The van der Waals surface area contributed by atoms with Gasteiger partial charge < -0.3 is 17.5 Å². The summed E-state index contributed by atoms with van der Waals surface area (Å²) < 4.78 is 40.5. The van der Waals surface area contributed by atoms with Gasteiger partial charge in [0.05, 0.1) is 0 Å². The van der Waals surface area contributed by atoms with Gasteiger partial charge in [0, 0.05) is 0 Å². The number of rotatable bonds is 0. The molecule has 74 valence electrons. The summed E-state index contributed by atoms with van der Waals surface area (Å²) in [5.41, 5.74) is 0. The molecule has 8 nitrogen and oxygen atoms in total. The molecule has 12 heavy (non-hydrogen) atoms. The van der Waals surface area contributed by atoms with Gasteiger partial charge in [-0.15, -0.1) is 0 Å². The van der Waals surface area contributed by atoms with Crippen LogP contribution >= 0.6 is 7.82 Å².